The molecule has 2 N–H and O–H groups in total. The number of Topliss-reactive ketones (excluding diaryl/α,β-unsaturated/α-hetero) is 1. The van der Waals surface area contributed by atoms with E-state index in [1.807, 2.05) is 0 Å². The summed E-state index contributed by atoms with van der Waals surface area (Å²) in [5.74, 6) is 0.251. The first-order valence-corrected chi connectivity index (χ1v) is 5.88. The summed E-state index contributed by atoms with van der Waals surface area (Å²) < 4.78 is 3.02. The van der Waals surface area contributed by atoms with Crippen LogP contribution in [-0.2, 0) is 0 Å². The first kappa shape index (κ1) is 10.8. The number of ketones is 1. The van der Waals surface area contributed by atoms with Gasteiger partial charge in [-0.05, 0) is 38.5 Å². The first-order chi connectivity index (χ1) is 7.02. The zero-order chi connectivity index (χ0) is 11.2. The van der Waals surface area contributed by atoms with Crippen LogP contribution in [0.15, 0.2) is 10.7 Å². The molecule has 0 aromatic carbocycles. The highest BCUT2D eigenvalue weighted by atomic mass is 127. The zero-order valence-electron chi connectivity index (χ0n) is 7.66. The number of carbonyl (C=O) groups is 1. The molecular weight excluding hydrogens is 375 g/mol. The molecule has 0 amide bonds. The van der Waals surface area contributed by atoms with E-state index in [-0.39, 0.29) is 5.78 Å². The summed E-state index contributed by atoms with van der Waals surface area (Å²) in [6.45, 7) is 1.47. The number of nitrogen functional groups attached to an aromatic ring is 1. The molecule has 0 unspecified atom stereocenters. The smallest absolute Gasteiger partial charge is 0.179 e. The van der Waals surface area contributed by atoms with E-state index >= 15 is 0 Å². The van der Waals surface area contributed by atoms with Gasteiger partial charge < -0.3 is 5.73 Å². The van der Waals surface area contributed by atoms with Gasteiger partial charge in [-0.25, -0.2) is 9.50 Å². The van der Waals surface area contributed by atoms with Crippen LogP contribution in [0.2, 0.25) is 0 Å². The Morgan fingerprint density at radius 2 is 2.33 bits per heavy atom. The van der Waals surface area contributed by atoms with E-state index in [1.54, 1.807) is 0 Å². The van der Waals surface area contributed by atoms with Gasteiger partial charge >= 0.3 is 0 Å². The first-order valence-electron chi connectivity index (χ1n) is 4.01. The second kappa shape index (κ2) is 3.71. The highest BCUT2D eigenvalue weighted by Crippen LogP contribution is 2.27. The lowest BCUT2D eigenvalue weighted by atomic mass is 10.3. The molecule has 5 nitrogen and oxygen atoms in total. The van der Waals surface area contributed by atoms with Crippen LogP contribution in [0.1, 0.15) is 17.4 Å². The number of hydrogen-bond donors (Lipinski definition) is 1. The van der Waals surface area contributed by atoms with Gasteiger partial charge in [-0.3, -0.25) is 4.79 Å². The van der Waals surface area contributed by atoms with Gasteiger partial charge in [-0.15, -0.1) is 0 Å². The topological polar surface area (TPSA) is 73.3 Å². The van der Waals surface area contributed by atoms with Crippen molar-refractivity contribution in [1.82, 2.24) is 14.6 Å². The number of anilines is 1. The maximum Gasteiger partial charge on any atom is 0.179 e. The van der Waals surface area contributed by atoms with Gasteiger partial charge in [0.1, 0.15) is 14.9 Å². The van der Waals surface area contributed by atoms with Crippen LogP contribution in [0.5, 0.6) is 0 Å². The van der Waals surface area contributed by atoms with Crippen molar-refractivity contribution in [1.29, 1.82) is 0 Å². The van der Waals surface area contributed by atoms with Gasteiger partial charge in [0.15, 0.2) is 11.6 Å². The van der Waals surface area contributed by atoms with Crippen molar-refractivity contribution in [3.8, 4) is 0 Å². The van der Waals surface area contributed by atoms with Gasteiger partial charge in [-0.2, -0.15) is 5.10 Å². The molecule has 0 aliphatic carbocycles. The molecule has 0 saturated heterocycles. The van der Waals surface area contributed by atoms with E-state index in [0.717, 1.165) is 8.17 Å². The van der Waals surface area contributed by atoms with Crippen LogP contribution in [-0.4, -0.2) is 20.4 Å². The minimum Gasteiger partial charge on any atom is -0.382 e. The lowest BCUT2D eigenvalue weighted by Crippen LogP contribution is -2.07. The van der Waals surface area contributed by atoms with Crippen LogP contribution in [0, 0.1) is 3.70 Å². The van der Waals surface area contributed by atoms with E-state index < -0.39 is 0 Å². The average molecular weight is 381 g/mol. The van der Waals surface area contributed by atoms with Crippen molar-refractivity contribution in [2.75, 3.05) is 5.73 Å². The predicted molar refractivity (Wildman–Crippen MR) is 67.8 cm³/mol. The second-order valence-corrected chi connectivity index (χ2v) is 4.76. The maximum atomic E-state index is 11.3. The van der Waals surface area contributed by atoms with Gasteiger partial charge in [0.2, 0.25) is 0 Å². The molecule has 2 rings (SSSR count). The highest BCUT2D eigenvalue weighted by Gasteiger charge is 2.16. The van der Waals surface area contributed by atoms with Gasteiger partial charge in [-0.1, -0.05) is 0 Å². The Labute approximate surface area is 107 Å². The normalized spacial score (nSPS) is 10.9. The van der Waals surface area contributed by atoms with Crippen molar-refractivity contribution < 1.29 is 4.79 Å². The molecule has 15 heavy (non-hydrogen) atoms. The molecule has 0 spiro atoms. The van der Waals surface area contributed by atoms with Gasteiger partial charge in [0, 0.05) is 6.92 Å². The van der Waals surface area contributed by atoms with Crippen LogP contribution in [0.3, 0.4) is 0 Å². The SMILES string of the molecule is CC(=O)c1cnc(N)c2c(Br)c(I)nn12. The number of nitrogens with zero attached hydrogens (tertiary/aromatic N) is 3. The minimum atomic E-state index is -0.0982. The maximum absolute atomic E-state index is 11.3. The molecule has 78 valence electrons. The van der Waals surface area contributed by atoms with Crippen LogP contribution >= 0.6 is 38.5 Å². The Balaban J connectivity index is 2.95. The lowest BCUT2D eigenvalue weighted by molar-refractivity contribution is 0.101. The van der Waals surface area contributed by atoms with Crippen LogP contribution in [0.4, 0.5) is 5.82 Å². The largest absolute Gasteiger partial charge is 0.382 e. The Morgan fingerprint density at radius 1 is 1.67 bits per heavy atom. The molecule has 2 heterocycles. The number of hydrogen-bond acceptors (Lipinski definition) is 4. The fraction of sp³-hybridized carbons (Fsp3) is 0.125. The van der Waals surface area contributed by atoms with Crippen molar-refractivity contribution in [3.63, 3.8) is 0 Å². The molecule has 0 saturated carbocycles. The molecule has 0 aliphatic rings. The number of carbonyl (C=O) groups excluding carboxylic acids is 1. The summed E-state index contributed by atoms with van der Waals surface area (Å²) in [5.41, 5.74) is 6.77. The van der Waals surface area contributed by atoms with E-state index in [9.17, 15) is 4.79 Å². The quantitative estimate of drug-likeness (QED) is 0.605. The van der Waals surface area contributed by atoms with Gasteiger partial charge in [0.05, 0.1) is 10.7 Å². The summed E-state index contributed by atoms with van der Waals surface area (Å²) in [6.07, 6.45) is 1.43. The van der Waals surface area contributed by atoms with Crippen LogP contribution < -0.4 is 5.73 Å². The fourth-order valence-corrected chi connectivity index (χ4v) is 2.18. The van der Waals surface area contributed by atoms with Gasteiger partial charge in [0.25, 0.3) is 0 Å². The third kappa shape index (κ3) is 1.63. The predicted octanol–water partition coefficient (Wildman–Crippen LogP) is 1.88. The lowest BCUT2D eigenvalue weighted by Gasteiger charge is -2.02. The Bertz CT molecular complexity index is 565. The fourth-order valence-electron chi connectivity index (χ4n) is 1.25. The summed E-state index contributed by atoms with van der Waals surface area (Å²) in [5, 5.41) is 4.21. The van der Waals surface area contributed by atoms with Crippen molar-refractivity contribution >= 4 is 55.6 Å². The number of aromatic nitrogens is 3. The molecule has 0 bridgehead atoms. The Kier molecular flexibility index (Phi) is 2.67. The Morgan fingerprint density at radius 3 is 2.93 bits per heavy atom. The average Bonchev–Trinajstić information content (AvgIpc) is 2.44. The minimum absolute atomic E-state index is 0.0982. The number of rotatable bonds is 1. The summed E-state index contributed by atoms with van der Waals surface area (Å²) in [7, 11) is 0. The Hall–Kier alpha value is -0.700. The molecular formula is C8H6BrIN4O. The standard InChI is InChI=1S/C8H6BrIN4O/c1-3(15)4-2-12-8(11)6-5(9)7(10)13-14(4)6/h2H,1H3,(H2,11,12). The van der Waals surface area contributed by atoms with E-state index in [2.05, 4.69) is 48.6 Å². The van der Waals surface area contributed by atoms with Crippen LogP contribution in [0.25, 0.3) is 5.52 Å². The van der Waals surface area contributed by atoms with E-state index in [4.69, 9.17) is 5.73 Å². The molecule has 0 atom stereocenters. The zero-order valence-corrected chi connectivity index (χ0v) is 11.4. The summed E-state index contributed by atoms with van der Waals surface area (Å²) >= 11 is 5.42. The summed E-state index contributed by atoms with van der Waals surface area (Å²) in [6, 6.07) is 0. The second-order valence-electron chi connectivity index (χ2n) is 2.95. The third-order valence-corrected chi connectivity index (χ3v) is 4.19. The highest BCUT2D eigenvalue weighted by molar-refractivity contribution is 14.1. The number of nitrogens with two attached hydrogens (primary N) is 1. The molecule has 0 radical (unpaired) electrons. The summed E-state index contributed by atoms with van der Waals surface area (Å²) in [4.78, 5) is 15.3. The van der Waals surface area contributed by atoms with Crippen molar-refractivity contribution in [3.05, 3.63) is 20.1 Å². The van der Waals surface area contributed by atoms with Crippen molar-refractivity contribution in [2.24, 2.45) is 0 Å². The van der Waals surface area contributed by atoms with Crippen molar-refractivity contribution in [2.45, 2.75) is 6.92 Å². The van der Waals surface area contributed by atoms with E-state index in [0.29, 0.717) is 17.0 Å². The molecule has 7 heteroatoms. The number of fused-ring (bicyclic) bond motifs is 1. The number of halogens is 2. The monoisotopic (exact) mass is 380 g/mol. The van der Waals surface area contributed by atoms with E-state index in [1.165, 1.54) is 17.6 Å². The molecule has 0 fully saturated rings. The third-order valence-electron chi connectivity index (χ3n) is 1.95. The molecule has 0 aliphatic heterocycles. The molecule has 2 aromatic heterocycles. The molecule has 2 aromatic rings.